The van der Waals surface area contributed by atoms with Gasteiger partial charge in [0.1, 0.15) is 0 Å². The molecule has 0 aromatic carbocycles. The molecule has 1 aromatic heterocycles. The summed E-state index contributed by atoms with van der Waals surface area (Å²) < 4.78 is 9.00. The molecule has 1 aliphatic rings. The van der Waals surface area contributed by atoms with Crippen molar-refractivity contribution in [2.45, 2.75) is 45.4 Å². The Hall–Kier alpha value is -0.630. The van der Waals surface area contributed by atoms with Gasteiger partial charge in [0.15, 0.2) is 0 Å². The first-order chi connectivity index (χ1) is 8.63. The predicted molar refractivity (Wildman–Crippen MR) is 76.9 cm³/mol. The topological polar surface area (TPSA) is 53.2 Å². The van der Waals surface area contributed by atoms with E-state index >= 15 is 0 Å². The smallest absolute Gasteiger partial charge is 0.331 e. The monoisotopic (exact) mass is 364 g/mol. The van der Waals surface area contributed by atoms with Gasteiger partial charge < -0.3 is 4.74 Å². The minimum absolute atomic E-state index is 0.00340. The fourth-order valence-electron chi connectivity index (χ4n) is 2.17. The van der Waals surface area contributed by atoms with Crippen molar-refractivity contribution in [1.29, 1.82) is 0 Å². The molecule has 0 spiro atoms. The highest BCUT2D eigenvalue weighted by Crippen LogP contribution is 2.12. The Morgan fingerprint density at radius 2 is 2.28 bits per heavy atom. The van der Waals surface area contributed by atoms with Crippen LogP contribution < -0.4 is 11.2 Å². The minimum Gasteiger partial charge on any atom is -0.376 e. The third-order valence-electron chi connectivity index (χ3n) is 3.07. The van der Waals surface area contributed by atoms with Gasteiger partial charge >= 0.3 is 5.69 Å². The molecule has 5 nitrogen and oxygen atoms in total. The number of nitrogens with zero attached hydrogens (tertiary/aromatic N) is 2. The van der Waals surface area contributed by atoms with Crippen molar-refractivity contribution in [1.82, 2.24) is 9.13 Å². The molecule has 0 aliphatic carbocycles. The molecule has 100 valence electrons. The summed E-state index contributed by atoms with van der Waals surface area (Å²) in [7, 11) is 0. The van der Waals surface area contributed by atoms with E-state index in [2.05, 4.69) is 0 Å². The molecule has 1 unspecified atom stereocenters. The van der Waals surface area contributed by atoms with Crippen LogP contribution in [-0.4, -0.2) is 21.8 Å². The SMILES string of the molecule is CCCn1cc(I)c(=O)n(CC2CCCO2)c1=O. The van der Waals surface area contributed by atoms with Crippen LogP contribution in [-0.2, 0) is 17.8 Å². The van der Waals surface area contributed by atoms with Gasteiger partial charge in [0.05, 0.1) is 16.2 Å². The summed E-state index contributed by atoms with van der Waals surface area (Å²) >= 11 is 1.98. The molecule has 2 rings (SSSR count). The highest BCUT2D eigenvalue weighted by molar-refractivity contribution is 14.1. The lowest BCUT2D eigenvalue weighted by Gasteiger charge is -2.13. The quantitative estimate of drug-likeness (QED) is 0.755. The molecule has 0 N–H and O–H groups in total. The summed E-state index contributed by atoms with van der Waals surface area (Å²) in [5.74, 6) is 0. The lowest BCUT2D eigenvalue weighted by atomic mass is 10.2. The van der Waals surface area contributed by atoms with Gasteiger partial charge in [0.25, 0.3) is 5.56 Å². The van der Waals surface area contributed by atoms with Crippen LogP contribution in [0.15, 0.2) is 15.8 Å². The maximum absolute atomic E-state index is 12.2. The Morgan fingerprint density at radius 3 is 2.89 bits per heavy atom. The van der Waals surface area contributed by atoms with E-state index in [9.17, 15) is 9.59 Å². The van der Waals surface area contributed by atoms with Crippen LogP contribution in [0, 0.1) is 3.57 Å². The first-order valence-electron chi connectivity index (χ1n) is 6.25. The average Bonchev–Trinajstić information content (AvgIpc) is 2.85. The van der Waals surface area contributed by atoms with E-state index in [-0.39, 0.29) is 17.4 Å². The number of hydrogen-bond acceptors (Lipinski definition) is 3. The molecular weight excluding hydrogens is 347 g/mol. The van der Waals surface area contributed by atoms with Crippen LogP contribution in [0.2, 0.25) is 0 Å². The predicted octanol–water partition coefficient (Wildman–Crippen LogP) is 1.20. The maximum Gasteiger partial charge on any atom is 0.331 e. The summed E-state index contributed by atoms with van der Waals surface area (Å²) in [6, 6.07) is 0. The Labute approximate surface area is 119 Å². The molecule has 2 heterocycles. The summed E-state index contributed by atoms with van der Waals surface area (Å²) in [4.78, 5) is 24.2. The molecular formula is C12H17IN2O3. The van der Waals surface area contributed by atoms with E-state index < -0.39 is 0 Å². The molecule has 1 aliphatic heterocycles. The normalized spacial score (nSPS) is 19.3. The minimum atomic E-state index is -0.224. The fraction of sp³-hybridized carbons (Fsp3) is 0.667. The van der Waals surface area contributed by atoms with Gasteiger partial charge in [-0.3, -0.25) is 13.9 Å². The number of hydrogen-bond donors (Lipinski definition) is 0. The lowest BCUT2D eigenvalue weighted by Crippen LogP contribution is -2.43. The second kappa shape index (κ2) is 6.01. The van der Waals surface area contributed by atoms with E-state index in [1.165, 1.54) is 4.57 Å². The third-order valence-corrected chi connectivity index (χ3v) is 3.81. The van der Waals surface area contributed by atoms with E-state index in [1.807, 2.05) is 29.5 Å². The molecule has 1 aromatic rings. The molecule has 0 amide bonds. The van der Waals surface area contributed by atoms with Crippen LogP contribution in [0.3, 0.4) is 0 Å². The third kappa shape index (κ3) is 2.85. The first-order valence-corrected chi connectivity index (χ1v) is 7.32. The molecule has 1 atom stereocenters. The van der Waals surface area contributed by atoms with Crippen molar-refractivity contribution in [3.63, 3.8) is 0 Å². The molecule has 0 saturated carbocycles. The van der Waals surface area contributed by atoms with Crippen molar-refractivity contribution in [3.05, 3.63) is 30.6 Å². The standard InChI is InChI=1S/C12H17IN2O3/c1-2-5-14-8-10(13)11(16)15(12(14)17)7-9-4-3-6-18-9/h8-9H,2-7H2,1H3. The highest BCUT2D eigenvalue weighted by atomic mass is 127. The van der Waals surface area contributed by atoms with Crippen LogP contribution in [0.25, 0.3) is 0 Å². The molecule has 1 fully saturated rings. The van der Waals surface area contributed by atoms with Crippen molar-refractivity contribution >= 4 is 22.6 Å². The maximum atomic E-state index is 12.2. The summed E-state index contributed by atoms with van der Waals surface area (Å²) in [6.45, 7) is 3.75. The Morgan fingerprint density at radius 1 is 1.50 bits per heavy atom. The Kier molecular flexibility index (Phi) is 4.60. The molecule has 1 saturated heterocycles. The molecule has 18 heavy (non-hydrogen) atoms. The van der Waals surface area contributed by atoms with Crippen LogP contribution >= 0.6 is 22.6 Å². The Bertz CT molecular complexity index is 529. The largest absolute Gasteiger partial charge is 0.376 e. The zero-order valence-electron chi connectivity index (χ0n) is 10.4. The average molecular weight is 364 g/mol. The van der Waals surface area contributed by atoms with Crippen molar-refractivity contribution in [3.8, 4) is 0 Å². The van der Waals surface area contributed by atoms with Gasteiger partial charge in [-0.25, -0.2) is 4.79 Å². The summed E-state index contributed by atoms with van der Waals surface area (Å²) in [5, 5.41) is 0. The fourth-order valence-corrected chi connectivity index (χ4v) is 2.80. The van der Waals surface area contributed by atoms with E-state index in [4.69, 9.17) is 4.74 Å². The molecule has 6 heteroatoms. The number of halogens is 1. The van der Waals surface area contributed by atoms with Crippen molar-refractivity contribution < 1.29 is 4.74 Å². The number of ether oxygens (including phenoxy) is 1. The number of rotatable bonds is 4. The lowest BCUT2D eigenvalue weighted by molar-refractivity contribution is 0.0945. The van der Waals surface area contributed by atoms with Crippen LogP contribution in [0.1, 0.15) is 26.2 Å². The zero-order chi connectivity index (χ0) is 13.1. The van der Waals surface area contributed by atoms with Gasteiger partial charge in [0, 0.05) is 19.3 Å². The first kappa shape index (κ1) is 13.8. The second-order valence-corrected chi connectivity index (χ2v) is 5.67. The van der Waals surface area contributed by atoms with E-state index in [1.54, 1.807) is 10.8 Å². The van der Waals surface area contributed by atoms with E-state index in [0.29, 0.717) is 16.7 Å². The van der Waals surface area contributed by atoms with Gasteiger partial charge in [-0.2, -0.15) is 0 Å². The number of aryl methyl sites for hydroxylation is 1. The van der Waals surface area contributed by atoms with Gasteiger partial charge in [0.2, 0.25) is 0 Å². The molecule has 0 radical (unpaired) electrons. The Balaban J connectivity index is 2.37. The van der Waals surface area contributed by atoms with Crippen molar-refractivity contribution in [2.75, 3.05) is 6.61 Å². The number of aromatic nitrogens is 2. The second-order valence-electron chi connectivity index (χ2n) is 4.50. The summed E-state index contributed by atoms with van der Waals surface area (Å²) in [5.41, 5.74) is -0.429. The molecule has 0 bridgehead atoms. The summed E-state index contributed by atoms with van der Waals surface area (Å²) in [6.07, 6.45) is 4.44. The van der Waals surface area contributed by atoms with Crippen LogP contribution in [0.5, 0.6) is 0 Å². The van der Waals surface area contributed by atoms with Crippen LogP contribution in [0.4, 0.5) is 0 Å². The van der Waals surface area contributed by atoms with Gasteiger partial charge in [-0.1, -0.05) is 6.92 Å². The van der Waals surface area contributed by atoms with Gasteiger partial charge in [-0.05, 0) is 41.9 Å². The zero-order valence-corrected chi connectivity index (χ0v) is 12.6. The van der Waals surface area contributed by atoms with Crippen molar-refractivity contribution in [2.24, 2.45) is 0 Å². The van der Waals surface area contributed by atoms with Gasteiger partial charge in [-0.15, -0.1) is 0 Å². The highest BCUT2D eigenvalue weighted by Gasteiger charge is 2.19. The van der Waals surface area contributed by atoms with E-state index in [0.717, 1.165) is 25.9 Å².